The van der Waals surface area contributed by atoms with Gasteiger partial charge in [0, 0.05) is 18.8 Å². The minimum atomic E-state index is 0.714. The Morgan fingerprint density at radius 1 is 0.792 bits per heavy atom. The van der Waals surface area contributed by atoms with E-state index in [-0.39, 0.29) is 0 Å². The van der Waals surface area contributed by atoms with Crippen molar-refractivity contribution in [3.63, 3.8) is 0 Å². The molecule has 1 aliphatic rings. The third-order valence-corrected chi connectivity index (χ3v) is 5.76. The van der Waals surface area contributed by atoms with E-state index in [0.29, 0.717) is 5.92 Å². The Hall–Kier alpha value is -0.920. The molecule has 0 N–H and O–H groups in total. The summed E-state index contributed by atoms with van der Waals surface area (Å²) in [5.41, 5.74) is 1.38. The molecule has 1 aromatic rings. The number of hydrogen-bond donors (Lipinski definition) is 0. The molecule has 0 spiro atoms. The molecular weight excluding hydrogens is 292 g/mol. The molecule has 0 saturated heterocycles. The zero-order chi connectivity index (χ0) is 17.0. The van der Waals surface area contributed by atoms with Crippen LogP contribution < -0.4 is 0 Å². The van der Waals surface area contributed by atoms with Crippen LogP contribution in [0.15, 0.2) is 12.4 Å². The van der Waals surface area contributed by atoms with Gasteiger partial charge in [-0.05, 0) is 49.5 Å². The van der Waals surface area contributed by atoms with Crippen LogP contribution in [0.1, 0.15) is 115 Å². The first-order valence-corrected chi connectivity index (χ1v) is 10.6. The van der Waals surface area contributed by atoms with E-state index in [4.69, 9.17) is 0 Å². The summed E-state index contributed by atoms with van der Waals surface area (Å²) in [7, 11) is 0. The Morgan fingerprint density at radius 3 is 2.08 bits per heavy atom. The molecule has 0 unspecified atom stereocenters. The number of aryl methyl sites for hydroxylation is 1. The second-order valence-electron chi connectivity index (χ2n) is 7.81. The van der Waals surface area contributed by atoms with Crippen molar-refractivity contribution in [2.45, 2.75) is 110 Å². The van der Waals surface area contributed by atoms with E-state index in [1.807, 2.05) is 0 Å². The molecule has 1 fully saturated rings. The highest BCUT2D eigenvalue weighted by molar-refractivity contribution is 5.12. The Bertz CT molecular complexity index is 418. The van der Waals surface area contributed by atoms with Gasteiger partial charge >= 0.3 is 0 Å². The molecule has 2 heteroatoms. The standard InChI is InChI=1S/C22H38N2/c1-3-5-7-8-10-11-19-13-15-20(16-14-19)21-17-23-22(24-18-21)12-9-6-4-2/h17-20H,3-16H2,1-2H3/t19-,20-. The lowest BCUT2D eigenvalue weighted by Crippen LogP contribution is -2.14. The Morgan fingerprint density at radius 2 is 1.42 bits per heavy atom. The van der Waals surface area contributed by atoms with E-state index in [1.54, 1.807) is 0 Å². The first kappa shape index (κ1) is 19.4. The molecule has 0 bridgehead atoms. The van der Waals surface area contributed by atoms with Gasteiger partial charge in [-0.1, -0.05) is 65.2 Å². The summed E-state index contributed by atoms with van der Waals surface area (Å²) in [6, 6.07) is 0. The van der Waals surface area contributed by atoms with E-state index < -0.39 is 0 Å². The van der Waals surface area contributed by atoms with Crippen LogP contribution in [0.5, 0.6) is 0 Å². The maximum absolute atomic E-state index is 4.61. The molecule has 2 nitrogen and oxygen atoms in total. The molecule has 0 radical (unpaired) electrons. The Kier molecular flexibility index (Phi) is 9.38. The Balaban J connectivity index is 1.66. The van der Waals surface area contributed by atoms with Gasteiger partial charge in [0.15, 0.2) is 0 Å². The van der Waals surface area contributed by atoms with Gasteiger partial charge in [0.2, 0.25) is 0 Å². The predicted molar refractivity (Wildman–Crippen MR) is 103 cm³/mol. The SMILES string of the molecule is CCCCCCC[C@H]1CC[C@H](c2cnc(CCCCC)nc2)CC1. The molecule has 1 aromatic heterocycles. The molecule has 24 heavy (non-hydrogen) atoms. The van der Waals surface area contributed by atoms with Crippen molar-refractivity contribution in [1.29, 1.82) is 0 Å². The number of nitrogens with zero attached hydrogens (tertiary/aromatic N) is 2. The third-order valence-electron chi connectivity index (χ3n) is 5.76. The molecule has 1 aliphatic carbocycles. The highest BCUT2D eigenvalue weighted by atomic mass is 14.9. The molecule has 0 atom stereocenters. The highest BCUT2D eigenvalue weighted by Crippen LogP contribution is 2.37. The molecule has 1 heterocycles. The molecular formula is C22H38N2. The normalized spacial score (nSPS) is 21.1. The topological polar surface area (TPSA) is 25.8 Å². The van der Waals surface area contributed by atoms with Crippen LogP contribution in [0.3, 0.4) is 0 Å². The predicted octanol–water partition coefficient (Wildman–Crippen LogP) is 6.84. The van der Waals surface area contributed by atoms with Crippen LogP contribution >= 0.6 is 0 Å². The van der Waals surface area contributed by atoms with Crippen LogP contribution in [0.4, 0.5) is 0 Å². The number of unbranched alkanes of at least 4 members (excludes halogenated alkanes) is 6. The van der Waals surface area contributed by atoms with Crippen molar-refractivity contribution in [2.75, 3.05) is 0 Å². The van der Waals surface area contributed by atoms with Crippen molar-refractivity contribution in [3.05, 3.63) is 23.8 Å². The first-order chi connectivity index (χ1) is 11.8. The lowest BCUT2D eigenvalue weighted by Gasteiger charge is -2.28. The van der Waals surface area contributed by atoms with E-state index >= 15 is 0 Å². The summed E-state index contributed by atoms with van der Waals surface area (Å²) in [5, 5.41) is 0. The minimum Gasteiger partial charge on any atom is -0.241 e. The molecule has 2 rings (SSSR count). The average molecular weight is 331 g/mol. The van der Waals surface area contributed by atoms with Crippen molar-refractivity contribution < 1.29 is 0 Å². The third kappa shape index (κ3) is 6.91. The summed E-state index contributed by atoms with van der Waals surface area (Å²) in [5.74, 6) is 2.73. The van der Waals surface area contributed by atoms with Crippen molar-refractivity contribution >= 4 is 0 Å². The van der Waals surface area contributed by atoms with E-state index in [9.17, 15) is 0 Å². The van der Waals surface area contributed by atoms with Gasteiger partial charge in [0.25, 0.3) is 0 Å². The molecule has 1 saturated carbocycles. The zero-order valence-electron chi connectivity index (χ0n) is 16.1. The fraction of sp³-hybridized carbons (Fsp3) is 0.818. The summed E-state index contributed by atoms with van der Waals surface area (Å²) in [6.07, 6.45) is 23.1. The monoisotopic (exact) mass is 330 g/mol. The second kappa shape index (κ2) is 11.6. The summed E-state index contributed by atoms with van der Waals surface area (Å²) in [4.78, 5) is 9.22. The van der Waals surface area contributed by atoms with Gasteiger partial charge in [-0.25, -0.2) is 9.97 Å². The number of hydrogen-bond acceptors (Lipinski definition) is 2. The van der Waals surface area contributed by atoms with Crippen LogP contribution in [0, 0.1) is 5.92 Å². The lowest BCUT2D eigenvalue weighted by molar-refractivity contribution is 0.301. The van der Waals surface area contributed by atoms with Gasteiger partial charge in [0.1, 0.15) is 5.82 Å². The van der Waals surface area contributed by atoms with Gasteiger partial charge in [-0.3, -0.25) is 0 Å². The van der Waals surface area contributed by atoms with Crippen LogP contribution in [-0.4, -0.2) is 9.97 Å². The average Bonchev–Trinajstić information content (AvgIpc) is 2.63. The van der Waals surface area contributed by atoms with E-state index in [1.165, 1.54) is 89.0 Å². The molecule has 136 valence electrons. The largest absolute Gasteiger partial charge is 0.241 e. The maximum Gasteiger partial charge on any atom is 0.128 e. The molecule has 0 amide bonds. The van der Waals surface area contributed by atoms with Crippen molar-refractivity contribution in [2.24, 2.45) is 5.92 Å². The quantitative estimate of drug-likeness (QED) is 0.415. The fourth-order valence-corrected chi connectivity index (χ4v) is 4.06. The van der Waals surface area contributed by atoms with Crippen LogP contribution in [0.25, 0.3) is 0 Å². The van der Waals surface area contributed by atoms with Crippen molar-refractivity contribution in [3.8, 4) is 0 Å². The maximum atomic E-state index is 4.61. The van der Waals surface area contributed by atoms with E-state index in [0.717, 1.165) is 18.2 Å². The zero-order valence-corrected chi connectivity index (χ0v) is 16.1. The van der Waals surface area contributed by atoms with Crippen molar-refractivity contribution in [1.82, 2.24) is 9.97 Å². The van der Waals surface area contributed by atoms with Gasteiger partial charge in [0.05, 0.1) is 0 Å². The van der Waals surface area contributed by atoms with Crippen LogP contribution in [-0.2, 0) is 6.42 Å². The Labute approximate surface area is 149 Å². The van der Waals surface area contributed by atoms with Gasteiger partial charge < -0.3 is 0 Å². The van der Waals surface area contributed by atoms with Crippen LogP contribution in [0.2, 0.25) is 0 Å². The molecule has 0 aromatic carbocycles. The molecule has 0 aliphatic heterocycles. The summed E-state index contributed by atoms with van der Waals surface area (Å²) in [6.45, 7) is 4.54. The van der Waals surface area contributed by atoms with E-state index in [2.05, 4.69) is 36.2 Å². The number of aromatic nitrogens is 2. The van der Waals surface area contributed by atoms with Gasteiger partial charge in [-0.15, -0.1) is 0 Å². The first-order valence-electron chi connectivity index (χ1n) is 10.6. The van der Waals surface area contributed by atoms with Gasteiger partial charge in [-0.2, -0.15) is 0 Å². The summed E-state index contributed by atoms with van der Waals surface area (Å²) >= 11 is 0. The summed E-state index contributed by atoms with van der Waals surface area (Å²) < 4.78 is 0. The minimum absolute atomic E-state index is 0.714. The highest BCUT2D eigenvalue weighted by Gasteiger charge is 2.22. The second-order valence-corrected chi connectivity index (χ2v) is 7.81. The fourth-order valence-electron chi connectivity index (χ4n) is 4.06. The smallest absolute Gasteiger partial charge is 0.128 e. The lowest BCUT2D eigenvalue weighted by atomic mass is 9.77. The number of rotatable bonds is 11.